The highest BCUT2D eigenvalue weighted by Crippen LogP contribution is 2.16. The van der Waals surface area contributed by atoms with Crippen LogP contribution in [0, 0.1) is 13.8 Å². The van der Waals surface area contributed by atoms with Gasteiger partial charge in [-0.15, -0.1) is 11.3 Å². The molecule has 0 atom stereocenters. The maximum absolute atomic E-state index is 12.3. The van der Waals surface area contributed by atoms with Gasteiger partial charge in [-0.3, -0.25) is 13.9 Å². The molecule has 0 aliphatic carbocycles. The zero-order valence-corrected chi connectivity index (χ0v) is 12.7. The maximum atomic E-state index is 12.3. The van der Waals surface area contributed by atoms with Crippen LogP contribution >= 0.6 is 11.3 Å². The van der Waals surface area contributed by atoms with Crippen LogP contribution in [-0.2, 0) is 13.1 Å². The van der Waals surface area contributed by atoms with Crippen molar-refractivity contribution < 1.29 is 0 Å². The number of nitrogens with zero attached hydrogens (tertiary/aromatic N) is 3. The first-order valence-electron chi connectivity index (χ1n) is 6.46. The van der Waals surface area contributed by atoms with Crippen LogP contribution in [0.4, 0.5) is 5.69 Å². The first-order chi connectivity index (χ1) is 9.43. The van der Waals surface area contributed by atoms with E-state index in [9.17, 15) is 9.59 Å². The third-order valence-electron chi connectivity index (χ3n) is 3.09. The fourth-order valence-electron chi connectivity index (χ4n) is 1.96. The summed E-state index contributed by atoms with van der Waals surface area (Å²) in [6.07, 6.45) is 2.22. The van der Waals surface area contributed by atoms with E-state index >= 15 is 0 Å². The Morgan fingerprint density at radius 2 is 2.05 bits per heavy atom. The molecule has 0 saturated heterocycles. The molecule has 0 saturated carbocycles. The van der Waals surface area contributed by atoms with E-state index in [4.69, 9.17) is 5.73 Å². The number of anilines is 1. The number of aromatic nitrogens is 3. The lowest BCUT2D eigenvalue weighted by atomic mass is 10.4. The highest BCUT2D eigenvalue weighted by atomic mass is 32.1. The Morgan fingerprint density at radius 1 is 1.35 bits per heavy atom. The molecule has 0 bridgehead atoms. The Balaban J connectivity index is 2.50. The lowest BCUT2D eigenvalue weighted by molar-refractivity contribution is 0.572. The Labute approximate surface area is 120 Å². The van der Waals surface area contributed by atoms with Crippen molar-refractivity contribution in [3.8, 4) is 0 Å². The SMILES string of the molecule is CCCn1cc(N)c(=O)n(Cc2nc(C)c(C)s2)c1=O. The molecule has 0 unspecified atom stereocenters. The van der Waals surface area contributed by atoms with E-state index in [0.29, 0.717) is 6.54 Å². The number of hydrogen-bond donors (Lipinski definition) is 1. The summed E-state index contributed by atoms with van der Waals surface area (Å²) in [6, 6.07) is 0. The first-order valence-corrected chi connectivity index (χ1v) is 7.28. The van der Waals surface area contributed by atoms with Crippen LogP contribution in [0.1, 0.15) is 28.9 Å². The number of hydrogen-bond acceptors (Lipinski definition) is 5. The van der Waals surface area contributed by atoms with Crippen molar-refractivity contribution in [3.05, 3.63) is 42.6 Å². The molecule has 0 spiro atoms. The molecule has 0 radical (unpaired) electrons. The van der Waals surface area contributed by atoms with Gasteiger partial charge in [-0.1, -0.05) is 6.92 Å². The van der Waals surface area contributed by atoms with Crippen molar-refractivity contribution in [2.24, 2.45) is 0 Å². The molecular formula is C13H18N4O2S. The predicted octanol–water partition coefficient (Wildman–Crippen LogP) is 1.12. The number of nitrogen functional groups attached to an aromatic ring is 1. The molecule has 0 amide bonds. The Hall–Kier alpha value is -1.89. The van der Waals surface area contributed by atoms with Gasteiger partial charge in [0.1, 0.15) is 10.7 Å². The van der Waals surface area contributed by atoms with E-state index in [1.807, 2.05) is 20.8 Å². The summed E-state index contributed by atoms with van der Waals surface area (Å²) in [6.45, 7) is 6.55. The van der Waals surface area contributed by atoms with Crippen LogP contribution < -0.4 is 17.0 Å². The molecular weight excluding hydrogens is 276 g/mol. The second-order valence-electron chi connectivity index (χ2n) is 4.70. The molecule has 2 aromatic rings. The molecule has 2 heterocycles. The van der Waals surface area contributed by atoms with Crippen molar-refractivity contribution in [3.63, 3.8) is 0 Å². The van der Waals surface area contributed by atoms with Crippen molar-refractivity contribution >= 4 is 17.0 Å². The van der Waals surface area contributed by atoms with E-state index in [1.165, 1.54) is 22.1 Å². The van der Waals surface area contributed by atoms with Gasteiger partial charge in [0.25, 0.3) is 5.56 Å². The predicted molar refractivity (Wildman–Crippen MR) is 80.4 cm³/mol. The van der Waals surface area contributed by atoms with Gasteiger partial charge in [0.05, 0.1) is 12.2 Å². The minimum atomic E-state index is -0.451. The van der Waals surface area contributed by atoms with E-state index in [1.54, 1.807) is 0 Å². The molecule has 20 heavy (non-hydrogen) atoms. The van der Waals surface area contributed by atoms with Crippen molar-refractivity contribution in [2.75, 3.05) is 5.73 Å². The van der Waals surface area contributed by atoms with Crippen LogP contribution in [0.2, 0.25) is 0 Å². The molecule has 2 N–H and O–H groups in total. The average Bonchev–Trinajstić information content (AvgIpc) is 2.71. The van der Waals surface area contributed by atoms with Crippen molar-refractivity contribution in [2.45, 2.75) is 40.3 Å². The first kappa shape index (κ1) is 14.5. The molecule has 0 aliphatic rings. The van der Waals surface area contributed by atoms with Crippen LogP contribution in [0.5, 0.6) is 0 Å². The summed E-state index contributed by atoms with van der Waals surface area (Å²) in [5.41, 5.74) is 5.92. The van der Waals surface area contributed by atoms with Gasteiger partial charge in [-0.2, -0.15) is 0 Å². The number of aryl methyl sites for hydroxylation is 3. The summed E-state index contributed by atoms with van der Waals surface area (Å²) in [4.78, 5) is 29.8. The normalized spacial score (nSPS) is 10.9. The van der Waals surface area contributed by atoms with Crippen LogP contribution in [0.25, 0.3) is 0 Å². The summed E-state index contributed by atoms with van der Waals surface area (Å²) in [7, 11) is 0. The Morgan fingerprint density at radius 3 is 2.60 bits per heavy atom. The van der Waals surface area contributed by atoms with Gasteiger partial charge in [0.2, 0.25) is 0 Å². The minimum Gasteiger partial charge on any atom is -0.393 e. The highest BCUT2D eigenvalue weighted by molar-refractivity contribution is 7.11. The van der Waals surface area contributed by atoms with Crippen molar-refractivity contribution in [1.82, 2.24) is 14.1 Å². The molecule has 0 fully saturated rings. The maximum Gasteiger partial charge on any atom is 0.331 e. The third-order valence-corrected chi connectivity index (χ3v) is 4.15. The van der Waals surface area contributed by atoms with Crippen molar-refractivity contribution in [1.29, 1.82) is 0 Å². The Kier molecular flexibility index (Phi) is 4.08. The quantitative estimate of drug-likeness (QED) is 0.916. The largest absolute Gasteiger partial charge is 0.393 e. The molecule has 2 aromatic heterocycles. The summed E-state index contributed by atoms with van der Waals surface area (Å²) in [5, 5.41) is 0.743. The zero-order chi connectivity index (χ0) is 14.9. The monoisotopic (exact) mass is 294 g/mol. The number of rotatable bonds is 4. The standard InChI is InChI=1S/C13H18N4O2S/c1-4-5-16-6-10(14)12(18)17(13(16)19)7-11-15-8(2)9(3)20-11/h6H,4-5,7,14H2,1-3H3. The molecule has 0 aromatic carbocycles. The lowest BCUT2D eigenvalue weighted by Gasteiger charge is -2.09. The molecule has 108 valence electrons. The van der Waals surface area contributed by atoms with E-state index in [2.05, 4.69) is 4.98 Å². The fraction of sp³-hybridized carbons (Fsp3) is 0.462. The van der Waals surface area contributed by atoms with Gasteiger partial charge >= 0.3 is 5.69 Å². The van der Waals surface area contributed by atoms with Crippen LogP contribution in [-0.4, -0.2) is 14.1 Å². The highest BCUT2D eigenvalue weighted by Gasteiger charge is 2.12. The molecule has 2 rings (SSSR count). The summed E-state index contributed by atoms with van der Waals surface area (Å²) in [5.74, 6) is 0. The van der Waals surface area contributed by atoms with Gasteiger partial charge in [-0.05, 0) is 20.3 Å². The lowest BCUT2D eigenvalue weighted by Crippen LogP contribution is -2.40. The number of nitrogens with two attached hydrogens (primary N) is 1. The summed E-state index contributed by atoms with van der Waals surface area (Å²) < 4.78 is 2.63. The molecule has 6 nitrogen and oxygen atoms in total. The summed E-state index contributed by atoms with van der Waals surface area (Å²) >= 11 is 1.49. The van der Waals surface area contributed by atoms with E-state index in [0.717, 1.165) is 26.6 Å². The second kappa shape index (κ2) is 5.62. The van der Waals surface area contributed by atoms with E-state index in [-0.39, 0.29) is 17.9 Å². The smallest absolute Gasteiger partial charge is 0.331 e. The molecule has 7 heteroatoms. The second-order valence-corrected chi connectivity index (χ2v) is 5.99. The minimum absolute atomic E-state index is 0.0862. The van der Waals surface area contributed by atoms with Gasteiger partial charge in [0, 0.05) is 17.6 Å². The third kappa shape index (κ3) is 2.67. The fourth-order valence-corrected chi connectivity index (χ4v) is 2.88. The van der Waals surface area contributed by atoms with E-state index < -0.39 is 5.56 Å². The molecule has 0 aliphatic heterocycles. The topological polar surface area (TPSA) is 82.9 Å². The Bertz CT molecular complexity index is 722. The van der Waals surface area contributed by atoms with Gasteiger partial charge in [-0.25, -0.2) is 9.78 Å². The van der Waals surface area contributed by atoms with Crippen LogP contribution in [0.15, 0.2) is 15.8 Å². The zero-order valence-electron chi connectivity index (χ0n) is 11.8. The van der Waals surface area contributed by atoms with Crippen LogP contribution in [0.3, 0.4) is 0 Å². The van der Waals surface area contributed by atoms with Gasteiger partial charge in [0.15, 0.2) is 0 Å². The average molecular weight is 294 g/mol. The number of thiazole rings is 1. The van der Waals surface area contributed by atoms with Gasteiger partial charge < -0.3 is 5.73 Å².